The molecule has 1 aliphatic carbocycles. The van der Waals surface area contributed by atoms with Crippen molar-refractivity contribution in [1.82, 2.24) is 15.5 Å². The Hall–Kier alpha value is -3.15. The van der Waals surface area contributed by atoms with Gasteiger partial charge in [-0.1, -0.05) is 54.6 Å². The number of fused-ring (bicyclic) bond motifs is 1. The molecule has 0 aromatic heterocycles. The molecule has 0 saturated carbocycles. The van der Waals surface area contributed by atoms with E-state index < -0.39 is 6.04 Å². The van der Waals surface area contributed by atoms with Crippen LogP contribution in [0.1, 0.15) is 48.4 Å². The van der Waals surface area contributed by atoms with Gasteiger partial charge < -0.3 is 10.6 Å². The van der Waals surface area contributed by atoms with E-state index in [-0.39, 0.29) is 30.3 Å². The smallest absolute Gasteiger partial charge is 0.324 e. The fraction of sp³-hybridized carbons (Fsp3) is 0.375. The van der Waals surface area contributed by atoms with Crippen LogP contribution in [0.5, 0.6) is 0 Å². The van der Waals surface area contributed by atoms with E-state index in [9.17, 15) is 14.4 Å². The third kappa shape index (κ3) is 4.53. The quantitative estimate of drug-likeness (QED) is 0.695. The average Bonchev–Trinajstić information content (AvgIpc) is 3.04. The number of urea groups is 1. The maximum Gasteiger partial charge on any atom is 0.324 e. The molecule has 4 rings (SSSR count). The van der Waals surface area contributed by atoms with Gasteiger partial charge in [0.25, 0.3) is 5.91 Å². The standard InChI is InChI=1S/C24H27N3O3/c28-22(25-20-12-6-10-18-9-4-5-11-19(18)20)14-13-21-23(29)27(24(30)26-21)16-15-17-7-2-1-3-8-17/h1-5,7-9,11,20-21H,6,10,12-16H2,(H,25,28)(H,26,30). The Labute approximate surface area is 176 Å². The summed E-state index contributed by atoms with van der Waals surface area (Å²) >= 11 is 0. The summed E-state index contributed by atoms with van der Waals surface area (Å²) in [5.41, 5.74) is 3.56. The van der Waals surface area contributed by atoms with Crippen LogP contribution < -0.4 is 10.6 Å². The van der Waals surface area contributed by atoms with Crippen molar-refractivity contribution in [1.29, 1.82) is 0 Å². The molecule has 2 aromatic rings. The molecule has 2 unspecified atom stereocenters. The van der Waals surface area contributed by atoms with Gasteiger partial charge >= 0.3 is 6.03 Å². The lowest BCUT2D eigenvalue weighted by molar-refractivity contribution is -0.127. The summed E-state index contributed by atoms with van der Waals surface area (Å²) < 4.78 is 0. The third-order valence-corrected chi connectivity index (χ3v) is 5.94. The van der Waals surface area contributed by atoms with Gasteiger partial charge in [-0.3, -0.25) is 14.5 Å². The Morgan fingerprint density at radius 1 is 1.07 bits per heavy atom. The fourth-order valence-electron chi connectivity index (χ4n) is 4.32. The Morgan fingerprint density at radius 2 is 1.83 bits per heavy atom. The summed E-state index contributed by atoms with van der Waals surface area (Å²) in [7, 11) is 0. The predicted octanol–water partition coefficient (Wildman–Crippen LogP) is 3.12. The van der Waals surface area contributed by atoms with E-state index in [2.05, 4.69) is 22.8 Å². The topological polar surface area (TPSA) is 78.5 Å². The van der Waals surface area contributed by atoms with Crippen molar-refractivity contribution >= 4 is 17.8 Å². The van der Waals surface area contributed by atoms with Crippen LogP contribution in [-0.4, -0.2) is 35.3 Å². The molecule has 156 valence electrons. The SMILES string of the molecule is O=C(CCC1NC(=O)N(CCc2ccccc2)C1=O)NC1CCCc2ccccc21. The predicted molar refractivity (Wildman–Crippen MR) is 114 cm³/mol. The summed E-state index contributed by atoms with van der Waals surface area (Å²) in [6.45, 7) is 0.343. The fourth-order valence-corrected chi connectivity index (χ4v) is 4.32. The molecule has 0 spiro atoms. The monoisotopic (exact) mass is 405 g/mol. The van der Waals surface area contributed by atoms with Gasteiger partial charge in [0.1, 0.15) is 6.04 Å². The molecule has 6 heteroatoms. The lowest BCUT2D eigenvalue weighted by Gasteiger charge is -2.26. The number of amides is 4. The highest BCUT2D eigenvalue weighted by Gasteiger charge is 2.37. The first-order valence-electron chi connectivity index (χ1n) is 10.6. The lowest BCUT2D eigenvalue weighted by atomic mass is 9.87. The van der Waals surface area contributed by atoms with Gasteiger partial charge in [-0.15, -0.1) is 0 Å². The average molecular weight is 405 g/mol. The van der Waals surface area contributed by atoms with Gasteiger partial charge in [-0.05, 0) is 48.8 Å². The number of hydrogen-bond donors (Lipinski definition) is 2. The van der Waals surface area contributed by atoms with Gasteiger partial charge in [0.15, 0.2) is 0 Å². The molecule has 6 nitrogen and oxygen atoms in total. The number of rotatable bonds is 7. The van der Waals surface area contributed by atoms with Gasteiger partial charge in [-0.25, -0.2) is 4.79 Å². The number of carbonyl (C=O) groups excluding carboxylic acids is 3. The molecule has 0 bridgehead atoms. The summed E-state index contributed by atoms with van der Waals surface area (Å²) in [4.78, 5) is 38.6. The van der Waals surface area contributed by atoms with E-state index in [1.165, 1.54) is 16.0 Å². The molecule has 2 aliphatic rings. The van der Waals surface area contributed by atoms with Crippen LogP contribution in [0.25, 0.3) is 0 Å². The molecule has 1 heterocycles. The molecule has 1 saturated heterocycles. The number of aryl methyl sites for hydroxylation is 1. The highest BCUT2D eigenvalue weighted by Crippen LogP contribution is 2.29. The number of carbonyl (C=O) groups is 3. The van der Waals surface area contributed by atoms with Crippen molar-refractivity contribution in [2.75, 3.05) is 6.54 Å². The minimum absolute atomic E-state index is 0.0266. The third-order valence-electron chi connectivity index (χ3n) is 5.94. The highest BCUT2D eigenvalue weighted by atomic mass is 16.2. The summed E-state index contributed by atoms with van der Waals surface area (Å²) in [6.07, 6.45) is 4.16. The molecular weight excluding hydrogens is 378 g/mol. The normalized spacial score (nSPS) is 20.6. The highest BCUT2D eigenvalue weighted by molar-refractivity contribution is 6.04. The molecule has 2 aromatic carbocycles. The maximum atomic E-state index is 12.6. The number of nitrogens with zero attached hydrogens (tertiary/aromatic N) is 1. The first-order valence-corrected chi connectivity index (χ1v) is 10.6. The van der Waals surface area contributed by atoms with Crippen LogP contribution in [0.3, 0.4) is 0 Å². The van der Waals surface area contributed by atoms with Crippen molar-refractivity contribution in [3.05, 3.63) is 71.3 Å². The Morgan fingerprint density at radius 3 is 2.67 bits per heavy atom. The number of hydrogen-bond acceptors (Lipinski definition) is 3. The van der Waals surface area contributed by atoms with E-state index >= 15 is 0 Å². The molecule has 4 amide bonds. The van der Waals surface area contributed by atoms with Crippen molar-refractivity contribution in [3.8, 4) is 0 Å². The summed E-state index contributed by atoms with van der Waals surface area (Å²) in [5, 5.41) is 5.83. The first kappa shape index (κ1) is 20.1. The van der Waals surface area contributed by atoms with E-state index in [1.807, 2.05) is 42.5 Å². The minimum atomic E-state index is -0.627. The second-order valence-electron chi connectivity index (χ2n) is 7.98. The zero-order valence-electron chi connectivity index (χ0n) is 17.0. The lowest BCUT2D eigenvalue weighted by Crippen LogP contribution is -2.35. The van der Waals surface area contributed by atoms with E-state index in [1.54, 1.807) is 0 Å². The van der Waals surface area contributed by atoms with E-state index in [0.717, 1.165) is 24.8 Å². The molecule has 30 heavy (non-hydrogen) atoms. The molecule has 2 atom stereocenters. The number of imide groups is 1. The second-order valence-corrected chi connectivity index (χ2v) is 7.98. The van der Waals surface area contributed by atoms with Crippen molar-refractivity contribution in [2.45, 2.75) is 50.6 Å². The molecule has 0 radical (unpaired) electrons. The minimum Gasteiger partial charge on any atom is -0.349 e. The Kier molecular flexibility index (Phi) is 6.12. The van der Waals surface area contributed by atoms with Gasteiger partial charge in [0.2, 0.25) is 5.91 Å². The second kappa shape index (κ2) is 9.11. The Bertz CT molecular complexity index is 928. The van der Waals surface area contributed by atoms with Crippen LogP contribution in [0.2, 0.25) is 0 Å². The van der Waals surface area contributed by atoms with Gasteiger partial charge in [0, 0.05) is 13.0 Å². The Balaban J connectivity index is 1.27. The number of nitrogens with one attached hydrogen (secondary N) is 2. The van der Waals surface area contributed by atoms with E-state index in [4.69, 9.17) is 0 Å². The summed E-state index contributed by atoms with van der Waals surface area (Å²) in [5.74, 6) is -0.326. The number of benzene rings is 2. The van der Waals surface area contributed by atoms with Crippen molar-refractivity contribution in [3.63, 3.8) is 0 Å². The van der Waals surface area contributed by atoms with Crippen molar-refractivity contribution < 1.29 is 14.4 Å². The van der Waals surface area contributed by atoms with Crippen LogP contribution >= 0.6 is 0 Å². The van der Waals surface area contributed by atoms with Crippen LogP contribution in [0.15, 0.2) is 54.6 Å². The van der Waals surface area contributed by atoms with Crippen LogP contribution in [0.4, 0.5) is 4.79 Å². The zero-order chi connectivity index (χ0) is 20.9. The largest absolute Gasteiger partial charge is 0.349 e. The maximum absolute atomic E-state index is 12.6. The van der Waals surface area contributed by atoms with Gasteiger partial charge in [-0.2, -0.15) is 0 Å². The zero-order valence-corrected chi connectivity index (χ0v) is 17.0. The van der Waals surface area contributed by atoms with E-state index in [0.29, 0.717) is 19.4 Å². The summed E-state index contributed by atoms with van der Waals surface area (Å²) in [6, 6.07) is 17.0. The molecule has 2 N–H and O–H groups in total. The molecule has 1 aliphatic heterocycles. The van der Waals surface area contributed by atoms with Crippen LogP contribution in [0, 0.1) is 0 Å². The first-order chi connectivity index (χ1) is 14.6. The van der Waals surface area contributed by atoms with Crippen molar-refractivity contribution in [2.24, 2.45) is 0 Å². The van der Waals surface area contributed by atoms with Gasteiger partial charge in [0.05, 0.1) is 6.04 Å². The molecule has 1 fully saturated rings. The van der Waals surface area contributed by atoms with Crippen LogP contribution in [-0.2, 0) is 22.4 Å². The molecular formula is C24H27N3O3.